The Morgan fingerprint density at radius 3 is 2.37 bits per heavy atom. The van der Waals surface area contributed by atoms with Gasteiger partial charge in [-0.25, -0.2) is 19.2 Å². The number of aromatic nitrogens is 3. The lowest BCUT2D eigenvalue weighted by atomic mass is 10.1. The summed E-state index contributed by atoms with van der Waals surface area (Å²) in [5.41, 5.74) is 2.85. The Kier molecular flexibility index (Phi) is 7.80. The lowest BCUT2D eigenvalue weighted by Gasteiger charge is -2.38. The smallest absolute Gasteiger partial charge is 0.320 e. The van der Waals surface area contributed by atoms with Crippen LogP contribution in [-0.4, -0.2) is 100 Å². The van der Waals surface area contributed by atoms with E-state index in [1.807, 2.05) is 22.8 Å². The first-order chi connectivity index (χ1) is 20.9. The van der Waals surface area contributed by atoms with Crippen LogP contribution in [0.2, 0.25) is 0 Å². The molecule has 11 nitrogen and oxygen atoms in total. The fraction of sp³-hybridized carbons (Fsp3) is 0.333. The van der Waals surface area contributed by atoms with Gasteiger partial charge in [0.2, 0.25) is 5.82 Å². The van der Waals surface area contributed by atoms with Gasteiger partial charge in [0.25, 0.3) is 5.91 Å². The number of methoxy groups -OCH3 is 1. The lowest BCUT2D eigenvalue weighted by Crippen LogP contribution is -2.57. The number of nitrogens with zero attached hydrogens (tertiary/aromatic N) is 6. The van der Waals surface area contributed by atoms with Crippen LogP contribution in [0.3, 0.4) is 0 Å². The van der Waals surface area contributed by atoms with E-state index in [2.05, 4.69) is 20.6 Å². The maximum atomic E-state index is 14.8. The maximum absolute atomic E-state index is 14.8. The molecule has 3 amide bonds. The number of benzene rings is 2. The zero-order chi connectivity index (χ0) is 30.1. The van der Waals surface area contributed by atoms with E-state index in [4.69, 9.17) is 4.74 Å². The quantitative estimate of drug-likeness (QED) is 0.366. The number of carbonyl (C=O) groups is 2. The van der Waals surface area contributed by atoms with Crippen LogP contribution in [0.15, 0.2) is 48.9 Å². The van der Waals surface area contributed by atoms with Crippen molar-refractivity contribution in [3.8, 4) is 17.0 Å². The monoisotopic (exact) mass is 590 g/mol. The van der Waals surface area contributed by atoms with Gasteiger partial charge in [0, 0.05) is 81.6 Å². The predicted octanol–water partition coefficient (Wildman–Crippen LogP) is 3.52. The highest BCUT2D eigenvalue weighted by atomic mass is 19.2. The molecule has 2 aliphatic rings. The number of hydrogen-bond acceptors (Lipinski definition) is 7. The number of imidazole rings is 1. The number of aryl methyl sites for hydroxylation is 1. The minimum Gasteiger partial charge on any atom is -0.494 e. The van der Waals surface area contributed by atoms with E-state index < -0.39 is 11.6 Å². The molecule has 0 unspecified atom stereocenters. The van der Waals surface area contributed by atoms with Crippen molar-refractivity contribution in [3.05, 3.63) is 71.7 Å². The fourth-order valence-electron chi connectivity index (χ4n) is 5.54. The van der Waals surface area contributed by atoms with E-state index in [9.17, 15) is 18.4 Å². The molecule has 2 aromatic heterocycles. The van der Waals surface area contributed by atoms with Gasteiger partial charge >= 0.3 is 6.03 Å². The zero-order valence-electron chi connectivity index (χ0n) is 23.9. The second-order valence-corrected chi connectivity index (χ2v) is 10.5. The number of amides is 3. The molecule has 4 heterocycles. The highest BCUT2D eigenvalue weighted by molar-refractivity contribution is 5.96. The fourth-order valence-corrected chi connectivity index (χ4v) is 5.54. The molecule has 224 valence electrons. The zero-order valence-corrected chi connectivity index (χ0v) is 23.9. The van der Waals surface area contributed by atoms with Gasteiger partial charge in [0.1, 0.15) is 0 Å². The molecule has 0 saturated carbocycles. The summed E-state index contributed by atoms with van der Waals surface area (Å²) >= 11 is 0. The van der Waals surface area contributed by atoms with Gasteiger partial charge in [0.15, 0.2) is 23.0 Å². The summed E-state index contributed by atoms with van der Waals surface area (Å²) in [5.74, 6) is -1.95. The van der Waals surface area contributed by atoms with E-state index in [1.54, 1.807) is 27.6 Å². The Morgan fingerprint density at radius 2 is 1.65 bits per heavy atom. The first-order valence-corrected chi connectivity index (χ1v) is 14.1. The second kappa shape index (κ2) is 11.8. The number of hydrogen-bond donors (Lipinski definition) is 2. The molecule has 0 spiro atoms. The highest BCUT2D eigenvalue weighted by Crippen LogP contribution is 2.31. The van der Waals surface area contributed by atoms with Gasteiger partial charge in [-0.15, -0.1) is 0 Å². The summed E-state index contributed by atoms with van der Waals surface area (Å²) < 4.78 is 35.7. The Hall–Kier alpha value is -4.78. The van der Waals surface area contributed by atoms with Crippen LogP contribution in [0.5, 0.6) is 5.75 Å². The van der Waals surface area contributed by atoms with E-state index in [0.29, 0.717) is 67.7 Å². The van der Waals surface area contributed by atoms with E-state index >= 15 is 0 Å². The van der Waals surface area contributed by atoms with Crippen molar-refractivity contribution >= 4 is 29.1 Å². The molecule has 2 saturated heterocycles. The Labute approximate surface area is 247 Å². The number of piperazine rings is 2. The van der Waals surface area contributed by atoms with Gasteiger partial charge in [-0.2, -0.15) is 4.39 Å². The minimum atomic E-state index is -1.07. The number of halogens is 2. The average Bonchev–Trinajstić information content (AvgIpc) is 3.47. The largest absolute Gasteiger partial charge is 0.494 e. The summed E-state index contributed by atoms with van der Waals surface area (Å²) in [5, 5.41) is 6.48. The van der Waals surface area contributed by atoms with E-state index in [1.165, 1.54) is 31.6 Å². The standard InChI is InChI=1S/C30H32F2N8O3/c1-19-17-20(3-4-21(19)29(41)37-13-15-39(16-14-37)30(42)38-10-7-33-8-11-38)36-27-28-35-18-23(40(28)12-9-34-27)22-5-6-24(43-2)26(32)25(22)31/h3-6,9,12,17-18,33H,7-8,10-11,13-16H2,1-2H3,(H,34,36). The number of rotatable bonds is 5. The Morgan fingerprint density at radius 1 is 0.930 bits per heavy atom. The topological polar surface area (TPSA) is 107 Å². The van der Waals surface area contributed by atoms with Crippen molar-refractivity contribution in [3.63, 3.8) is 0 Å². The summed E-state index contributed by atoms with van der Waals surface area (Å²) in [4.78, 5) is 40.4. The van der Waals surface area contributed by atoms with Crippen LogP contribution in [0.4, 0.5) is 25.1 Å². The second-order valence-electron chi connectivity index (χ2n) is 10.5. The molecule has 0 aliphatic carbocycles. The third-order valence-electron chi connectivity index (χ3n) is 7.92. The van der Waals surface area contributed by atoms with Crippen molar-refractivity contribution in [2.75, 3.05) is 64.8 Å². The molecule has 4 aromatic rings. The van der Waals surface area contributed by atoms with Crippen LogP contribution in [0.25, 0.3) is 16.9 Å². The van der Waals surface area contributed by atoms with Crippen molar-refractivity contribution in [1.82, 2.24) is 34.4 Å². The summed E-state index contributed by atoms with van der Waals surface area (Å²) in [6.07, 6.45) is 4.61. The van der Waals surface area contributed by atoms with Crippen LogP contribution in [0, 0.1) is 18.6 Å². The van der Waals surface area contributed by atoms with Gasteiger partial charge in [0.05, 0.1) is 19.0 Å². The molecule has 2 aromatic carbocycles. The molecule has 0 atom stereocenters. The van der Waals surface area contributed by atoms with Gasteiger partial charge in [-0.05, 0) is 42.8 Å². The first-order valence-electron chi connectivity index (χ1n) is 14.1. The molecule has 2 aliphatic heterocycles. The van der Waals surface area contributed by atoms with Crippen molar-refractivity contribution in [2.24, 2.45) is 0 Å². The number of carbonyl (C=O) groups excluding carboxylic acids is 2. The maximum Gasteiger partial charge on any atom is 0.320 e. The van der Waals surface area contributed by atoms with Crippen LogP contribution in [0.1, 0.15) is 15.9 Å². The van der Waals surface area contributed by atoms with Crippen molar-refractivity contribution < 1.29 is 23.1 Å². The number of nitrogens with one attached hydrogen (secondary N) is 2. The van der Waals surface area contributed by atoms with Gasteiger partial charge in [-0.1, -0.05) is 0 Å². The van der Waals surface area contributed by atoms with Gasteiger partial charge in [-0.3, -0.25) is 9.20 Å². The third-order valence-corrected chi connectivity index (χ3v) is 7.92. The summed E-state index contributed by atoms with van der Waals surface area (Å²) in [6, 6.07) is 8.26. The Bertz CT molecular complexity index is 1680. The number of anilines is 2. The van der Waals surface area contributed by atoms with Crippen LogP contribution < -0.4 is 15.4 Å². The minimum absolute atomic E-state index is 0.0368. The molecular formula is C30H32F2N8O3. The normalized spacial score (nSPS) is 15.6. The first kappa shape index (κ1) is 28.3. The predicted molar refractivity (Wildman–Crippen MR) is 157 cm³/mol. The SMILES string of the molecule is COc1ccc(-c2cnc3c(Nc4ccc(C(=O)N5CCN(C(=O)N6CCNCC6)CC5)c(C)c4)nccn23)c(F)c1F. The summed E-state index contributed by atoms with van der Waals surface area (Å²) in [6.45, 7) is 6.82. The molecule has 6 rings (SSSR count). The molecular weight excluding hydrogens is 558 g/mol. The lowest BCUT2D eigenvalue weighted by molar-refractivity contribution is 0.0634. The van der Waals surface area contributed by atoms with Crippen molar-refractivity contribution in [2.45, 2.75) is 6.92 Å². The molecule has 13 heteroatoms. The number of fused-ring (bicyclic) bond motifs is 1. The average molecular weight is 591 g/mol. The van der Waals surface area contributed by atoms with E-state index in [0.717, 1.165) is 18.7 Å². The molecule has 0 bridgehead atoms. The molecule has 2 fully saturated rings. The molecule has 43 heavy (non-hydrogen) atoms. The van der Waals surface area contributed by atoms with E-state index in [-0.39, 0.29) is 23.3 Å². The molecule has 0 radical (unpaired) electrons. The highest BCUT2D eigenvalue weighted by Gasteiger charge is 2.29. The Balaban J connectivity index is 1.15. The number of urea groups is 1. The van der Waals surface area contributed by atoms with Gasteiger partial charge < -0.3 is 30.1 Å². The summed E-state index contributed by atoms with van der Waals surface area (Å²) in [7, 11) is 1.28. The number of ether oxygens (including phenoxy) is 1. The molecule has 2 N–H and O–H groups in total. The van der Waals surface area contributed by atoms with Crippen LogP contribution in [-0.2, 0) is 0 Å². The third kappa shape index (κ3) is 5.43. The van der Waals surface area contributed by atoms with Crippen LogP contribution >= 0.6 is 0 Å². The van der Waals surface area contributed by atoms with Crippen molar-refractivity contribution in [1.29, 1.82) is 0 Å².